The Kier molecular flexibility index (Phi) is 7.80. The summed E-state index contributed by atoms with van der Waals surface area (Å²) in [6.07, 6.45) is 3.04. The average Bonchev–Trinajstić information content (AvgIpc) is 2.85. The Morgan fingerprint density at radius 1 is 0.914 bits per heavy atom. The molecule has 35 heavy (non-hydrogen) atoms. The van der Waals surface area contributed by atoms with Gasteiger partial charge in [-0.15, -0.1) is 0 Å². The minimum Gasteiger partial charge on any atom is -0.378 e. The molecule has 4 aromatic rings. The van der Waals surface area contributed by atoms with E-state index in [0.29, 0.717) is 16.3 Å². The molecule has 0 radical (unpaired) electrons. The SMILES string of the molecule is O=C(CC(Nc1ccc(S(=O)(=O)Nc2ncccn2)cc1)c1ccccc1Cl)c1ccc(Br)cc1. The van der Waals surface area contributed by atoms with Crippen molar-refractivity contribution in [2.75, 3.05) is 10.0 Å². The van der Waals surface area contributed by atoms with Crippen molar-refractivity contribution < 1.29 is 13.2 Å². The van der Waals surface area contributed by atoms with Crippen molar-refractivity contribution in [2.24, 2.45) is 0 Å². The molecule has 178 valence electrons. The van der Waals surface area contributed by atoms with E-state index in [4.69, 9.17) is 11.6 Å². The van der Waals surface area contributed by atoms with E-state index in [1.54, 1.807) is 36.4 Å². The van der Waals surface area contributed by atoms with Gasteiger partial charge in [-0.1, -0.05) is 57.9 Å². The monoisotopic (exact) mass is 570 g/mol. The molecule has 0 bridgehead atoms. The smallest absolute Gasteiger partial charge is 0.264 e. The van der Waals surface area contributed by atoms with Crippen LogP contribution in [-0.4, -0.2) is 24.2 Å². The van der Waals surface area contributed by atoms with Gasteiger partial charge in [0, 0.05) is 39.6 Å². The van der Waals surface area contributed by atoms with Crippen LogP contribution in [0.5, 0.6) is 0 Å². The highest BCUT2D eigenvalue weighted by Crippen LogP contribution is 2.30. The minimum absolute atomic E-state index is 0.0139. The first-order valence-electron chi connectivity index (χ1n) is 10.5. The third-order valence-electron chi connectivity index (χ3n) is 5.13. The zero-order chi connectivity index (χ0) is 24.8. The van der Waals surface area contributed by atoms with Crippen molar-refractivity contribution in [3.05, 3.63) is 112 Å². The van der Waals surface area contributed by atoms with Crippen molar-refractivity contribution in [3.8, 4) is 0 Å². The van der Waals surface area contributed by atoms with Crippen LogP contribution in [0.1, 0.15) is 28.4 Å². The summed E-state index contributed by atoms with van der Waals surface area (Å²) >= 11 is 9.82. The summed E-state index contributed by atoms with van der Waals surface area (Å²) in [4.78, 5) is 20.8. The second kappa shape index (κ2) is 11.0. The number of hydrogen-bond acceptors (Lipinski definition) is 6. The third kappa shape index (κ3) is 6.45. The summed E-state index contributed by atoms with van der Waals surface area (Å²) in [5.41, 5.74) is 1.98. The number of nitrogens with one attached hydrogen (secondary N) is 2. The Labute approximate surface area is 216 Å². The van der Waals surface area contributed by atoms with E-state index in [0.717, 1.165) is 10.0 Å². The van der Waals surface area contributed by atoms with E-state index in [1.807, 2.05) is 30.3 Å². The van der Waals surface area contributed by atoms with Crippen molar-refractivity contribution in [1.82, 2.24) is 9.97 Å². The van der Waals surface area contributed by atoms with Gasteiger partial charge in [0.05, 0.1) is 10.9 Å². The van der Waals surface area contributed by atoms with Crippen LogP contribution in [0.4, 0.5) is 11.6 Å². The molecule has 0 aliphatic rings. The Hall–Kier alpha value is -3.27. The maximum atomic E-state index is 13.0. The van der Waals surface area contributed by atoms with Gasteiger partial charge in [-0.3, -0.25) is 4.79 Å². The highest BCUT2D eigenvalue weighted by atomic mass is 79.9. The molecule has 0 saturated carbocycles. The summed E-state index contributed by atoms with van der Waals surface area (Å²) in [6.45, 7) is 0. The molecule has 4 rings (SSSR count). The lowest BCUT2D eigenvalue weighted by atomic mass is 9.97. The van der Waals surface area contributed by atoms with Crippen LogP contribution < -0.4 is 10.0 Å². The van der Waals surface area contributed by atoms with Crippen LogP contribution >= 0.6 is 27.5 Å². The first-order valence-corrected chi connectivity index (χ1v) is 13.2. The molecular weight excluding hydrogens is 552 g/mol. The second-order valence-corrected chi connectivity index (χ2v) is 10.6. The first-order chi connectivity index (χ1) is 16.8. The van der Waals surface area contributed by atoms with Crippen molar-refractivity contribution >= 4 is 55.0 Å². The van der Waals surface area contributed by atoms with Crippen LogP contribution in [-0.2, 0) is 10.0 Å². The lowest BCUT2D eigenvalue weighted by Crippen LogP contribution is -2.17. The predicted molar refractivity (Wildman–Crippen MR) is 140 cm³/mol. The van der Waals surface area contributed by atoms with E-state index >= 15 is 0 Å². The average molecular weight is 572 g/mol. The molecule has 7 nitrogen and oxygen atoms in total. The van der Waals surface area contributed by atoms with Crippen LogP contribution in [0, 0.1) is 0 Å². The van der Waals surface area contributed by atoms with Crippen molar-refractivity contribution in [1.29, 1.82) is 0 Å². The Bertz CT molecular complexity index is 1420. The first kappa shape index (κ1) is 24.8. The van der Waals surface area contributed by atoms with Crippen molar-refractivity contribution in [3.63, 3.8) is 0 Å². The Morgan fingerprint density at radius 3 is 2.23 bits per heavy atom. The molecule has 1 aromatic heterocycles. The van der Waals surface area contributed by atoms with Gasteiger partial charge in [0.15, 0.2) is 5.78 Å². The second-order valence-electron chi connectivity index (χ2n) is 7.55. The molecule has 1 atom stereocenters. The van der Waals surface area contributed by atoms with Crippen molar-refractivity contribution in [2.45, 2.75) is 17.4 Å². The van der Waals surface area contributed by atoms with Gasteiger partial charge in [0.25, 0.3) is 10.0 Å². The Balaban J connectivity index is 1.55. The van der Waals surface area contributed by atoms with Gasteiger partial charge in [-0.2, -0.15) is 0 Å². The van der Waals surface area contributed by atoms with Gasteiger partial charge < -0.3 is 5.32 Å². The summed E-state index contributed by atoms with van der Waals surface area (Å²) < 4.78 is 28.5. The standard InChI is InChI=1S/C25H20BrClN4O3S/c26-18-8-6-17(7-9-18)24(32)16-23(21-4-1-2-5-22(21)27)30-19-10-12-20(13-11-19)35(33,34)31-25-28-14-3-15-29-25/h1-15,23,30H,16H2,(H,28,29,31). The summed E-state index contributed by atoms with van der Waals surface area (Å²) in [6, 6.07) is 21.8. The largest absolute Gasteiger partial charge is 0.378 e. The van der Waals surface area contributed by atoms with E-state index in [-0.39, 0.29) is 23.0 Å². The zero-order valence-corrected chi connectivity index (χ0v) is 21.4. The molecule has 0 fully saturated rings. The van der Waals surface area contributed by atoms with Gasteiger partial charge in [-0.25, -0.2) is 23.1 Å². The highest BCUT2D eigenvalue weighted by molar-refractivity contribution is 9.10. The predicted octanol–water partition coefficient (Wildman–Crippen LogP) is 6.12. The van der Waals surface area contributed by atoms with E-state index in [9.17, 15) is 13.2 Å². The minimum atomic E-state index is -3.86. The molecule has 1 unspecified atom stereocenters. The number of sulfonamides is 1. The number of anilines is 2. The van der Waals surface area contributed by atoms with Gasteiger partial charge in [-0.05, 0) is 54.1 Å². The maximum Gasteiger partial charge on any atom is 0.264 e. The maximum absolute atomic E-state index is 13.0. The Morgan fingerprint density at radius 2 is 1.57 bits per heavy atom. The van der Waals surface area contributed by atoms with Gasteiger partial charge in [0.1, 0.15) is 0 Å². The fourth-order valence-electron chi connectivity index (χ4n) is 3.40. The molecular formula is C25H20BrClN4O3S. The number of halogens is 2. The van der Waals surface area contributed by atoms with E-state index in [2.05, 4.69) is 35.9 Å². The van der Waals surface area contributed by atoms with Gasteiger partial charge in [0.2, 0.25) is 5.95 Å². The molecule has 1 heterocycles. The molecule has 0 saturated heterocycles. The number of nitrogens with zero attached hydrogens (tertiary/aromatic N) is 2. The molecule has 3 aromatic carbocycles. The number of ketones is 1. The summed E-state index contributed by atoms with van der Waals surface area (Å²) in [5, 5.41) is 3.85. The van der Waals surface area contributed by atoms with Crippen LogP contribution in [0.15, 0.2) is 101 Å². The fourth-order valence-corrected chi connectivity index (χ4v) is 4.89. The highest BCUT2D eigenvalue weighted by Gasteiger charge is 2.21. The molecule has 0 amide bonds. The lowest BCUT2D eigenvalue weighted by Gasteiger charge is -2.21. The molecule has 2 N–H and O–H groups in total. The number of aromatic nitrogens is 2. The van der Waals surface area contributed by atoms with E-state index < -0.39 is 16.1 Å². The van der Waals surface area contributed by atoms with Crippen LogP contribution in [0.3, 0.4) is 0 Å². The topological polar surface area (TPSA) is 101 Å². The molecule has 10 heteroatoms. The number of carbonyl (C=O) groups is 1. The lowest BCUT2D eigenvalue weighted by molar-refractivity contribution is 0.0976. The zero-order valence-electron chi connectivity index (χ0n) is 18.2. The number of Topliss-reactive ketones (excluding diaryl/α,β-unsaturated/α-hetero) is 1. The molecule has 0 aliphatic carbocycles. The fraction of sp³-hybridized carbons (Fsp3) is 0.0800. The summed E-state index contributed by atoms with van der Waals surface area (Å²) in [5.74, 6) is -0.0684. The number of rotatable bonds is 9. The number of carbonyl (C=O) groups excluding carboxylic acids is 1. The third-order valence-corrected chi connectivity index (χ3v) is 7.35. The van der Waals surface area contributed by atoms with Crippen LogP contribution in [0.25, 0.3) is 0 Å². The van der Waals surface area contributed by atoms with Gasteiger partial charge >= 0.3 is 0 Å². The molecule has 0 spiro atoms. The quantitative estimate of drug-likeness (QED) is 0.235. The van der Waals surface area contributed by atoms with E-state index in [1.165, 1.54) is 24.5 Å². The summed E-state index contributed by atoms with van der Waals surface area (Å²) in [7, 11) is -3.86. The number of hydrogen-bond donors (Lipinski definition) is 2. The molecule has 0 aliphatic heterocycles. The normalized spacial score (nSPS) is 12.1. The van der Waals surface area contributed by atoms with Crippen LogP contribution in [0.2, 0.25) is 5.02 Å². The number of benzene rings is 3.